The highest BCUT2D eigenvalue weighted by Crippen LogP contribution is 2.33. The van der Waals surface area contributed by atoms with Crippen LogP contribution < -0.4 is 10.2 Å². The first-order valence-corrected chi connectivity index (χ1v) is 7.05. The molecule has 0 saturated heterocycles. The molecule has 0 unspecified atom stereocenters. The van der Waals surface area contributed by atoms with Crippen LogP contribution in [0.25, 0.3) is 0 Å². The summed E-state index contributed by atoms with van der Waals surface area (Å²) < 4.78 is 5.27. The molecule has 0 atom stereocenters. The number of carbonyl (C=O) groups excluding carboxylic acids is 1. The summed E-state index contributed by atoms with van der Waals surface area (Å²) >= 11 is 17.6. The number of nitrogens with one attached hydrogen (secondary N) is 1. The number of rotatable bonds is 5. The predicted molar refractivity (Wildman–Crippen MR) is 83.1 cm³/mol. The lowest BCUT2D eigenvalue weighted by atomic mass is 10.1. The maximum Gasteiger partial charge on any atom is 0.277 e. The second-order valence-electron chi connectivity index (χ2n) is 4.43. The Hall–Kier alpha value is -0.970. The van der Waals surface area contributed by atoms with Gasteiger partial charge < -0.3 is 4.74 Å². The van der Waals surface area contributed by atoms with E-state index in [0.717, 1.165) is 5.71 Å². The zero-order chi connectivity index (χ0) is 15.3. The van der Waals surface area contributed by atoms with E-state index < -0.39 is 0 Å². The van der Waals surface area contributed by atoms with Crippen molar-refractivity contribution in [2.45, 2.75) is 20.8 Å². The first-order valence-electron chi connectivity index (χ1n) is 5.91. The number of nitrogens with zero attached hydrogens (tertiary/aromatic N) is 1. The van der Waals surface area contributed by atoms with Gasteiger partial charge in [-0.05, 0) is 18.9 Å². The largest absolute Gasteiger partial charge is 0.482 e. The lowest BCUT2D eigenvalue weighted by Gasteiger charge is -2.09. The van der Waals surface area contributed by atoms with Gasteiger partial charge in [-0.15, -0.1) is 0 Å². The maximum absolute atomic E-state index is 11.6. The highest BCUT2D eigenvalue weighted by molar-refractivity contribution is 6.43. The standard InChI is InChI=1S/C13H15Cl3N2O2/c1-7(2)8(3)17-18-13(19)6-20-12-5-10(15)9(14)4-11(12)16/h4-5,7H,6H2,1-3H3,(H,18,19)/b17-8+. The molecule has 20 heavy (non-hydrogen) atoms. The van der Waals surface area contributed by atoms with Crippen molar-refractivity contribution in [3.8, 4) is 5.75 Å². The van der Waals surface area contributed by atoms with Gasteiger partial charge >= 0.3 is 0 Å². The zero-order valence-corrected chi connectivity index (χ0v) is 13.6. The van der Waals surface area contributed by atoms with Gasteiger partial charge in [-0.3, -0.25) is 4.79 Å². The Morgan fingerprint density at radius 2 is 1.85 bits per heavy atom. The number of amides is 1. The summed E-state index contributed by atoms with van der Waals surface area (Å²) in [6.45, 7) is 5.59. The molecule has 0 fully saturated rings. The van der Waals surface area contributed by atoms with E-state index in [4.69, 9.17) is 39.5 Å². The number of carbonyl (C=O) groups is 1. The minimum Gasteiger partial charge on any atom is -0.482 e. The average Bonchev–Trinajstić information content (AvgIpc) is 2.38. The smallest absolute Gasteiger partial charge is 0.277 e. The van der Waals surface area contributed by atoms with E-state index in [9.17, 15) is 4.79 Å². The third-order valence-electron chi connectivity index (χ3n) is 2.53. The Bertz CT molecular complexity index is 531. The molecule has 0 spiro atoms. The molecule has 0 aliphatic rings. The summed E-state index contributed by atoms with van der Waals surface area (Å²) in [5.74, 6) is 0.175. The Morgan fingerprint density at radius 3 is 2.45 bits per heavy atom. The second kappa shape index (κ2) is 7.72. The van der Waals surface area contributed by atoms with Gasteiger partial charge in [0.15, 0.2) is 6.61 Å². The van der Waals surface area contributed by atoms with Gasteiger partial charge in [-0.1, -0.05) is 48.7 Å². The molecule has 0 bridgehead atoms. The summed E-state index contributed by atoms with van der Waals surface area (Å²) in [6.07, 6.45) is 0. The number of hydrogen-bond donors (Lipinski definition) is 1. The topological polar surface area (TPSA) is 50.7 Å². The molecule has 1 aromatic rings. The molecule has 110 valence electrons. The van der Waals surface area contributed by atoms with E-state index in [1.165, 1.54) is 12.1 Å². The first-order chi connectivity index (χ1) is 9.31. The summed E-state index contributed by atoms with van der Waals surface area (Å²) in [5.41, 5.74) is 3.23. The van der Waals surface area contributed by atoms with Crippen molar-refractivity contribution in [2.75, 3.05) is 6.61 Å². The molecule has 1 aromatic carbocycles. The Morgan fingerprint density at radius 1 is 1.25 bits per heavy atom. The normalized spacial score (nSPS) is 11.7. The number of ether oxygens (including phenoxy) is 1. The van der Waals surface area contributed by atoms with Crippen LogP contribution in [0.4, 0.5) is 0 Å². The van der Waals surface area contributed by atoms with Crippen LogP contribution >= 0.6 is 34.8 Å². The van der Waals surface area contributed by atoms with Gasteiger partial charge in [0, 0.05) is 11.8 Å². The fraction of sp³-hybridized carbons (Fsp3) is 0.385. The van der Waals surface area contributed by atoms with Crippen LogP contribution in [0.15, 0.2) is 17.2 Å². The molecule has 0 aromatic heterocycles. The minimum atomic E-state index is -0.382. The maximum atomic E-state index is 11.6. The van der Waals surface area contributed by atoms with Crippen LogP contribution in [0.3, 0.4) is 0 Å². The Labute approximate surface area is 133 Å². The number of halogens is 3. The molecule has 0 saturated carbocycles. The first kappa shape index (κ1) is 17.1. The van der Waals surface area contributed by atoms with Crippen molar-refractivity contribution in [3.63, 3.8) is 0 Å². The molecule has 1 amide bonds. The van der Waals surface area contributed by atoms with Crippen LogP contribution in [0.5, 0.6) is 5.75 Å². The van der Waals surface area contributed by atoms with Gasteiger partial charge in [-0.2, -0.15) is 5.10 Å². The van der Waals surface area contributed by atoms with E-state index in [1.807, 2.05) is 20.8 Å². The molecule has 0 radical (unpaired) electrons. The van der Waals surface area contributed by atoms with Crippen molar-refractivity contribution in [2.24, 2.45) is 11.0 Å². The van der Waals surface area contributed by atoms with Crippen molar-refractivity contribution < 1.29 is 9.53 Å². The SMILES string of the molecule is C/C(=N\NC(=O)COc1cc(Cl)c(Cl)cc1Cl)C(C)C. The quantitative estimate of drug-likeness (QED) is 0.498. The molecule has 4 nitrogen and oxygen atoms in total. The Balaban J connectivity index is 2.58. The summed E-state index contributed by atoms with van der Waals surface area (Å²) in [5, 5.41) is 4.86. The molecule has 0 aliphatic heterocycles. The summed E-state index contributed by atoms with van der Waals surface area (Å²) in [6, 6.07) is 2.92. The number of hydrazone groups is 1. The summed E-state index contributed by atoms with van der Waals surface area (Å²) in [4.78, 5) is 11.6. The summed E-state index contributed by atoms with van der Waals surface area (Å²) in [7, 11) is 0. The number of hydrogen-bond acceptors (Lipinski definition) is 3. The fourth-order valence-electron chi connectivity index (χ4n) is 1.07. The van der Waals surface area contributed by atoms with Crippen LogP contribution in [-0.2, 0) is 4.79 Å². The van der Waals surface area contributed by atoms with E-state index in [1.54, 1.807) is 0 Å². The van der Waals surface area contributed by atoms with Crippen LogP contribution in [0.2, 0.25) is 15.1 Å². The van der Waals surface area contributed by atoms with Gasteiger partial charge in [0.2, 0.25) is 0 Å². The third kappa shape index (κ3) is 5.19. The van der Waals surface area contributed by atoms with Crippen molar-refractivity contribution >= 4 is 46.4 Å². The van der Waals surface area contributed by atoms with Gasteiger partial charge in [0.25, 0.3) is 5.91 Å². The molecule has 1 rings (SSSR count). The predicted octanol–water partition coefficient (Wildman–Crippen LogP) is 4.17. The molecular weight excluding hydrogens is 323 g/mol. The molecular formula is C13H15Cl3N2O2. The van der Waals surface area contributed by atoms with Gasteiger partial charge in [-0.25, -0.2) is 5.43 Å². The van der Waals surface area contributed by atoms with Crippen LogP contribution in [0, 0.1) is 5.92 Å². The van der Waals surface area contributed by atoms with E-state index in [-0.39, 0.29) is 23.5 Å². The molecule has 7 heteroatoms. The monoisotopic (exact) mass is 336 g/mol. The van der Waals surface area contributed by atoms with E-state index in [0.29, 0.717) is 15.8 Å². The molecule has 0 heterocycles. The Kier molecular flexibility index (Phi) is 6.59. The van der Waals surface area contributed by atoms with Crippen LogP contribution in [0.1, 0.15) is 20.8 Å². The second-order valence-corrected chi connectivity index (χ2v) is 5.65. The lowest BCUT2D eigenvalue weighted by molar-refractivity contribution is -0.123. The highest BCUT2D eigenvalue weighted by atomic mass is 35.5. The van der Waals surface area contributed by atoms with Crippen LogP contribution in [-0.4, -0.2) is 18.2 Å². The van der Waals surface area contributed by atoms with E-state index >= 15 is 0 Å². The molecule has 1 N–H and O–H groups in total. The van der Waals surface area contributed by atoms with E-state index in [2.05, 4.69) is 10.5 Å². The van der Waals surface area contributed by atoms with Gasteiger partial charge in [0.1, 0.15) is 5.75 Å². The number of benzene rings is 1. The zero-order valence-electron chi connectivity index (χ0n) is 11.3. The average molecular weight is 338 g/mol. The lowest BCUT2D eigenvalue weighted by Crippen LogP contribution is -2.26. The van der Waals surface area contributed by atoms with Crippen molar-refractivity contribution in [1.29, 1.82) is 0 Å². The molecule has 0 aliphatic carbocycles. The van der Waals surface area contributed by atoms with Gasteiger partial charge in [0.05, 0.1) is 15.1 Å². The van der Waals surface area contributed by atoms with Crippen molar-refractivity contribution in [3.05, 3.63) is 27.2 Å². The third-order valence-corrected chi connectivity index (χ3v) is 3.54. The van der Waals surface area contributed by atoms with Crippen molar-refractivity contribution in [1.82, 2.24) is 5.43 Å². The fourth-order valence-corrected chi connectivity index (χ4v) is 1.66. The highest BCUT2D eigenvalue weighted by Gasteiger charge is 2.09. The minimum absolute atomic E-state index is 0.216.